The zero-order chi connectivity index (χ0) is 30.4. The molecule has 0 unspecified atom stereocenters. The first-order valence-electron chi connectivity index (χ1n) is 12.0. The average molecular weight is 565 g/mol. The molecule has 0 fully saturated rings. The molecular weight excluding hydrogens is 528 g/mol. The summed E-state index contributed by atoms with van der Waals surface area (Å²) < 4.78 is 38.7. The second kappa shape index (κ2) is 17.0. The van der Waals surface area contributed by atoms with Crippen LogP contribution in [0.1, 0.15) is 55.4 Å². The minimum absolute atomic E-state index is 0.0803. The number of methoxy groups -OCH3 is 1. The molecule has 0 heterocycles. The highest BCUT2D eigenvalue weighted by molar-refractivity contribution is 5.87. The predicted molar refractivity (Wildman–Crippen MR) is 126 cm³/mol. The largest absolute Gasteiger partial charge is 0.463 e. The van der Waals surface area contributed by atoms with Gasteiger partial charge in [-0.3, -0.25) is 0 Å². The third-order valence-electron chi connectivity index (χ3n) is 4.72. The van der Waals surface area contributed by atoms with Gasteiger partial charge in [0.15, 0.2) is 42.7 Å². The Morgan fingerprint density at radius 1 is 0.410 bits per heavy atom. The van der Waals surface area contributed by atoms with Crippen molar-refractivity contribution >= 4 is 41.8 Å². The lowest BCUT2D eigenvalue weighted by Gasteiger charge is -2.21. The molecule has 0 radical (unpaired) electrons. The van der Waals surface area contributed by atoms with Gasteiger partial charge in [0.25, 0.3) is 0 Å². The SMILES string of the molecule is CCOC(=O)[C@H](C)OC(=O)[C@H](C)OC(=O)[C@H](C)OC(=O)[C@H](C)OC(=O)[C@H](C)OC(=O)[C@H](C)OC(=O)[C@H](C)OC. The maximum atomic E-state index is 12.2. The van der Waals surface area contributed by atoms with Crippen molar-refractivity contribution in [1.29, 1.82) is 0 Å². The Hall–Kier alpha value is -3.75. The van der Waals surface area contributed by atoms with Crippen LogP contribution in [0.2, 0.25) is 0 Å². The normalized spacial score (nSPS) is 16.0. The van der Waals surface area contributed by atoms with Crippen LogP contribution in [0, 0.1) is 0 Å². The van der Waals surface area contributed by atoms with Crippen molar-refractivity contribution in [3.8, 4) is 0 Å². The van der Waals surface area contributed by atoms with E-state index in [1.165, 1.54) is 34.8 Å². The fraction of sp³-hybridized carbons (Fsp3) is 0.708. The van der Waals surface area contributed by atoms with Crippen LogP contribution in [0.25, 0.3) is 0 Å². The number of hydrogen-bond donors (Lipinski definition) is 0. The Bertz CT molecular complexity index is 898. The quantitative estimate of drug-likeness (QED) is 0.193. The highest BCUT2D eigenvalue weighted by Crippen LogP contribution is 2.09. The summed E-state index contributed by atoms with van der Waals surface area (Å²) in [7, 11) is 1.27. The van der Waals surface area contributed by atoms with E-state index in [0.29, 0.717) is 0 Å². The van der Waals surface area contributed by atoms with Crippen LogP contribution in [0.4, 0.5) is 0 Å². The van der Waals surface area contributed by atoms with Crippen LogP contribution in [0.5, 0.6) is 0 Å². The summed E-state index contributed by atoms with van der Waals surface area (Å²) in [4.78, 5) is 83.9. The van der Waals surface area contributed by atoms with Crippen molar-refractivity contribution in [2.45, 2.75) is 98.1 Å². The fourth-order valence-electron chi connectivity index (χ4n) is 2.26. The fourth-order valence-corrected chi connectivity index (χ4v) is 2.26. The van der Waals surface area contributed by atoms with Gasteiger partial charge in [-0.05, 0) is 55.4 Å². The van der Waals surface area contributed by atoms with Crippen molar-refractivity contribution in [2.75, 3.05) is 13.7 Å². The van der Waals surface area contributed by atoms with Gasteiger partial charge in [-0.2, -0.15) is 0 Å². The van der Waals surface area contributed by atoms with E-state index in [2.05, 4.69) is 0 Å². The monoisotopic (exact) mass is 564 g/mol. The topological polar surface area (TPSA) is 193 Å². The molecule has 0 aliphatic carbocycles. The highest BCUT2D eigenvalue weighted by Gasteiger charge is 2.32. The first kappa shape index (κ1) is 35.2. The molecule has 0 bridgehead atoms. The van der Waals surface area contributed by atoms with Gasteiger partial charge in [0.1, 0.15) is 0 Å². The lowest BCUT2D eigenvalue weighted by atomic mass is 10.3. The second-order valence-corrected chi connectivity index (χ2v) is 8.10. The lowest BCUT2D eigenvalue weighted by molar-refractivity contribution is -0.188. The summed E-state index contributed by atoms with van der Waals surface area (Å²) in [6, 6.07) is 0. The number of carbonyl (C=O) groups is 7. The number of hydrogen-bond acceptors (Lipinski definition) is 15. The summed E-state index contributed by atoms with van der Waals surface area (Å²) in [6.45, 7) is 10.2. The number of carbonyl (C=O) groups excluding carboxylic acids is 7. The molecule has 0 aliphatic heterocycles. The Kier molecular flexibility index (Phi) is 15.3. The van der Waals surface area contributed by atoms with Crippen molar-refractivity contribution in [3.05, 3.63) is 0 Å². The molecule has 0 amide bonds. The van der Waals surface area contributed by atoms with Gasteiger partial charge in [0.2, 0.25) is 0 Å². The van der Waals surface area contributed by atoms with Gasteiger partial charge in [0.05, 0.1) is 6.61 Å². The molecule has 0 aromatic rings. The molecular formula is C24H36O15. The molecule has 0 aromatic carbocycles. The van der Waals surface area contributed by atoms with Crippen molar-refractivity contribution in [1.82, 2.24) is 0 Å². The number of rotatable bonds is 15. The van der Waals surface area contributed by atoms with Crippen LogP contribution >= 0.6 is 0 Å². The van der Waals surface area contributed by atoms with E-state index in [0.717, 1.165) is 20.8 Å². The minimum Gasteiger partial charge on any atom is -0.463 e. The third-order valence-corrected chi connectivity index (χ3v) is 4.72. The molecule has 0 saturated carbocycles. The summed E-state index contributed by atoms with van der Waals surface area (Å²) in [5.41, 5.74) is 0. The first-order chi connectivity index (χ1) is 18.0. The van der Waals surface area contributed by atoms with Crippen LogP contribution in [-0.2, 0) is 71.5 Å². The van der Waals surface area contributed by atoms with Crippen LogP contribution in [-0.4, -0.2) is 98.2 Å². The maximum absolute atomic E-state index is 12.2. The van der Waals surface area contributed by atoms with Gasteiger partial charge in [0, 0.05) is 7.11 Å². The van der Waals surface area contributed by atoms with E-state index in [-0.39, 0.29) is 6.61 Å². The molecule has 222 valence electrons. The molecule has 0 rings (SSSR count). The Labute approximate surface area is 225 Å². The van der Waals surface area contributed by atoms with E-state index >= 15 is 0 Å². The molecule has 7 atom stereocenters. The van der Waals surface area contributed by atoms with Crippen molar-refractivity contribution in [3.63, 3.8) is 0 Å². The lowest BCUT2D eigenvalue weighted by Crippen LogP contribution is -2.39. The third kappa shape index (κ3) is 12.6. The van der Waals surface area contributed by atoms with Crippen molar-refractivity contribution < 1.29 is 71.5 Å². The molecule has 15 heteroatoms. The first-order valence-corrected chi connectivity index (χ1v) is 12.0. The maximum Gasteiger partial charge on any atom is 0.347 e. The van der Waals surface area contributed by atoms with E-state index in [1.54, 1.807) is 6.92 Å². The Morgan fingerprint density at radius 2 is 0.615 bits per heavy atom. The Morgan fingerprint density at radius 3 is 0.821 bits per heavy atom. The molecule has 0 saturated heterocycles. The van der Waals surface area contributed by atoms with E-state index < -0.39 is 84.5 Å². The van der Waals surface area contributed by atoms with Gasteiger partial charge in [-0.1, -0.05) is 0 Å². The molecule has 0 spiro atoms. The summed E-state index contributed by atoms with van der Waals surface area (Å²) in [5.74, 6) is -7.08. The van der Waals surface area contributed by atoms with Crippen LogP contribution in [0.15, 0.2) is 0 Å². The summed E-state index contributed by atoms with van der Waals surface area (Å²) in [5, 5.41) is 0. The summed E-state index contributed by atoms with van der Waals surface area (Å²) >= 11 is 0. The van der Waals surface area contributed by atoms with Gasteiger partial charge in [-0.15, -0.1) is 0 Å². The van der Waals surface area contributed by atoms with E-state index in [9.17, 15) is 33.6 Å². The van der Waals surface area contributed by atoms with Gasteiger partial charge >= 0.3 is 41.8 Å². The van der Waals surface area contributed by atoms with Gasteiger partial charge in [-0.25, -0.2) is 33.6 Å². The average Bonchev–Trinajstić information content (AvgIpc) is 2.87. The zero-order valence-corrected chi connectivity index (χ0v) is 23.4. The van der Waals surface area contributed by atoms with E-state index in [4.69, 9.17) is 37.9 Å². The predicted octanol–water partition coefficient (Wildman–Crippen LogP) is 0.175. The number of ether oxygens (including phenoxy) is 8. The molecule has 0 N–H and O–H groups in total. The second-order valence-electron chi connectivity index (χ2n) is 8.10. The van der Waals surface area contributed by atoms with Gasteiger partial charge < -0.3 is 37.9 Å². The minimum atomic E-state index is -1.53. The van der Waals surface area contributed by atoms with E-state index in [1.807, 2.05) is 0 Å². The Balaban J connectivity index is 4.73. The molecule has 15 nitrogen and oxygen atoms in total. The smallest absolute Gasteiger partial charge is 0.347 e. The number of esters is 7. The molecule has 0 aliphatic rings. The van der Waals surface area contributed by atoms with Crippen LogP contribution < -0.4 is 0 Å². The standard InChI is InChI=1S/C24H36O15/c1-10-33-18(25)12(3)34-20(27)14(5)36-22(29)16(7)38-24(31)17(8)39-23(30)15(6)37-21(28)13(4)35-19(26)11(2)32-9/h11-17H,10H2,1-9H3/t11-,12-,13-,14-,15-,16-,17-/m0/s1. The van der Waals surface area contributed by atoms with Crippen LogP contribution in [0.3, 0.4) is 0 Å². The zero-order valence-electron chi connectivity index (χ0n) is 23.4. The molecule has 0 aromatic heterocycles. The summed E-state index contributed by atoms with van der Waals surface area (Å²) in [6.07, 6.45) is -9.49. The molecule has 39 heavy (non-hydrogen) atoms. The highest BCUT2D eigenvalue weighted by atomic mass is 16.7. The van der Waals surface area contributed by atoms with Crippen molar-refractivity contribution in [2.24, 2.45) is 0 Å².